The number of nitrogens with one attached hydrogen (secondary N) is 1. The fraction of sp³-hybridized carbons (Fsp3) is 0.583. The molecule has 0 aromatic carbocycles. The summed E-state index contributed by atoms with van der Waals surface area (Å²) in [4.78, 5) is 36.2. The zero-order valence-corrected chi connectivity index (χ0v) is 11.0. The van der Waals surface area contributed by atoms with Crippen molar-refractivity contribution < 1.29 is 14.3 Å². The lowest BCUT2D eigenvalue weighted by molar-refractivity contribution is -0.148. The highest BCUT2D eigenvalue weighted by Gasteiger charge is 2.36. The molecule has 1 N–H and O–H groups in total. The zero-order chi connectivity index (χ0) is 14.2. The van der Waals surface area contributed by atoms with Crippen LogP contribution in [-0.2, 0) is 14.3 Å². The molecule has 0 spiro atoms. The van der Waals surface area contributed by atoms with Crippen LogP contribution in [0.1, 0.15) is 32.1 Å². The van der Waals surface area contributed by atoms with Crippen molar-refractivity contribution in [2.75, 3.05) is 0 Å². The van der Waals surface area contributed by atoms with Crippen molar-refractivity contribution in [1.29, 1.82) is 0 Å². The highest BCUT2D eigenvalue weighted by Crippen LogP contribution is 2.29. The van der Waals surface area contributed by atoms with Crippen LogP contribution in [0.4, 0.5) is 0 Å². The number of esters is 1. The molecule has 0 bridgehead atoms. The lowest BCUT2D eigenvalue weighted by Gasteiger charge is -2.13. The fourth-order valence-electron chi connectivity index (χ4n) is 2.12. The summed E-state index contributed by atoms with van der Waals surface area (Å²) in [7, 11) is 0. The number of aromatic nitrogens is 2. The molecule has 1 aliphatic heterocycles. The van der Waals surface area contributed by atoms with Crippen molar-refractivity contribution >= 4 is 5.97 Å². The normalized spacial score (nSPS) is 26.4. The van der Waals surface area contributed by atoms with Crippen molar-refractivity contribution in [1.82, 2.24) is 9.55 Å². The fourth-order valence-corrected chi connectivity index (χ4v) is 2.12. The van der Waals surface area contributed by atoms with Crippen LogP contribution in [0, 0.1) is 6.92 Å². The van der Waals surface area contributed by atoms with Gasteiger partial charge in [-0.1, -0.05) is 0 Å². The van der Waals surface area contributed by atoms with Gasteiger partial charge in [0, 0.05) is 25.1 Å². The number of rotatable bonds is 2. The van der Waals surface area contributed by atoms with Crippen LogP contribution in [0.25, 0.3) is 0 Å². The molecule has 1 aromatic heterocycles. The minimum atomic E-state index is -0.539. The first-order valence-electron chi connectivity index (χ1n) is 6.03. The van der Waals surface area contributed by atoms with Gasteiger partial charge in [-0.15, -0.1) is 0 Å². The largest absolute Gasteiger partial charge is 0.460 e. The van der Waals surface area contributed by atoms with Gasteiger partial charge in [-0.05, 0) is 13.8 Å². The number of carbonyl (C=O) groups excluding carboxylic acids is 1. The summed E-state index contributed by atoms with van der Waals surface area (Å²) in [5, 5.41) is 0. The molecule has 2 rings (SSSR count). The Morgan fingerprint density at radius 3 is 2.84 bits per heavy atom. The summed E-state index contributed by atoms with van der Waals surface area (Å²) in [6, 6.07) is 0. The van der Waals surface area contributed by atoms with Crippen LogP contribution in [0.5, 0.6) is 0 Å². The van der Waals surface area contributed by atoms with Crippen molar-refractivity contribution in [3.05, 3.63) is 32.6 Å². The van der Waals surface area contributed by atoms with E-state index in [2.05, 4.69) is 4.98 Å². The van der Waals surface area contributed by atoms with Gasteiger partial charge in [0.2, 0.25) is 0 Å². The van der Waals surface area contributed by atoms with Gasteiger partial charge in [0.05, 0.1) is 6.10 Å². The van der Waals surface area contributed by atoms with Crippen LogP contribution >= 0.6 is 0 Å². The number of aromatic amines is 1. The topological polar surface area (TPSA) is 90.4 Å². The predicted molar refractivity (Wildman–Crippen MR) is 65.8 cm³/mol. The standard InChI is InChI=1S/C12H16N2O5/c1-6-5-14(12(17)13-11(6)16)10-4-9(7(2)18-10)19-8(3)15/h5,7,9-10H,4H2,1-3H3,(H,13,16,17)/t7-,9+,10-/m1/s1. The van der Waals surface area contributed by atoms with E-state index in [9.17, 15) is 14.4 Å². The average molecular weight is 268 g/mol. The number of H-pyrrole nitrogens is 1. The van der Waals surface area contributed by atoms with Crippen LogP contribution in [0.3, 0.4) is 0 Å². The Bertz CT molecular complexity index is 603. The molecule has 1 saturated heterocycles. The van der Waals surface area contributed by atoms with Crippen molar-refractivity contribution in [3.63, 3.8) is 0 Å². The second-order valence-corrected chi connectivity index (χ2v) is 4.66. The summed E-state index contributed by atoms with van der Waals surface area (Å²) in [5.41, 5.74) is -0.521. The first-order chi connectivity index (χ1) is 8.88. The van der Waals surface area contributed by atoms with Crippen molar-refractivity contribution in [2.45, 2.75) is 45.6 Å². The molecule has 1 aliphatic rings. The van der Waals surface area contributed by atoms with Gasteiger partial charge >= 0.3 is 11.7 Å². The maximum Gasteiger partial charge on any atom is 0.330 e. The smallest absolute Gasteiger partial charge is 0.330 e. The molecule has 2 heterocycles. The molecule has 104 valence electrons. The highest BCUT2D eigenvalue weighted by molar-refractivity contribution is 5.66. The van der Waals surface area contributed by atoms with E-state index in [1.165, 1.54) is 17.7 Å². The minimum Gasteiger partial charge on any atom is -0.460 e. The molecule has 0 radical (unpaired) electrons. The Kier molecular flexibility index (Phi) is 3.57. The summed E-state index contributed by atoms with van der Waals surface area (Å²) in [5.74, 6) is -0.383. The molecule has 0 amide bonds. The van der Waals surface area contributed by atoms with E-state index >= 15 is 0 Å². The number of nitrogens with zero attached hydrogens (tertiary/aromatic N) is 1. The van der Waals surface area contributed by atoms with E-state index in [1.807, 2.05) is 0 Å². The Hall–Kier alpha value is -1.89. The minimum absolute atomic E-state index is 0.298. The van der Waals surface area contributed by atoms with Crippen LogP contribution < -0.4 is 11.2 Å². The maximum atomic E-state index is 11.7. The summed E-state index contributed by atoms with van der Waals surface area (Å²) < 4.78 is 12.0. The monoisotopic (exact) mass is 268 g/mol. The molecular weight excluding hydrogens is 252 g/mol. The third kappa shape index (κ3) is 2.76. The highest BCUT2D eigenvalue weighted by atomic mass is 16.6. The summed E-state index contributed by atoms with van der Waals surface area (Å²) in [6.45, 7) is 4.71. The zero-order valence-electron chi connectivity index (χ0n) is 11.0. The maximum absolute atomic E-state index is 11.7. The Balaban J connectivity index is 2.25. The van der Waals surface area contributed by atoms with Gasteiger partial charge in [-0.25, -0.2) is 4.79 Å². The molecule has 1 fully saturated rings. The van der Waals surface area contributed by atoms with Gasteiger partial charge in [-0.3, -0.25) is 19.1 Å². The third-order valence-corrected chi connectivity index (χ3v) is 3.10. The van der Waals surface area contributed by atoms with E-state index < -0.39 is 17.5 Å². The SMILES string of the molecule is CC(=O)O[C@H]1C[C@H](n2cc(C)c(=O)[nH]c2=O)O[C@@H]1C. The van der Waals surface area contributed by atoms with Gasteiger partial charge in [-0.2, -0.15) is 0 Å². The number of aryl methyl sites for hydroxylation is 1. The Morgan fingerprint density at radius 2 is 2.21 bits per heavy atom. The lowest BCUT2D eigenvalue weighted by Crippen LogP contribution is -2.33. The van der Waals surface area contributed by atoms with E-state index in [4.69, 9.17) is 9.47 Å². The summed E-state index contributed by atoms with van der Waals surface area (Å²) in [6.07, 6.45) is 0.609. The quantitative estimate of drug-likeness (QED) is 0.767. The molecule has 0 aliphatic carbocycles. The molecule has 0 saturated carbocycles. The van der Waals surface area contributed by atoms with E-state index in [0.717, 1.165) is 0 Å². The molecule has 0 unspecified atom stereocenters. The van der Waals surface area contributed by atoms with Crippen LogP contribution in [-0.4, -0.2) is 27.7 Å². The number of hydrogen-bond donors (Lipinski definition) is 1. The predicted octanol–water partition coefficient (Wildman–Crippen LogP) is 0.0841. The molecule has 7 nitrogen and oxygen atoms in total. The molecule has 1 aromatic rings. The van der Waals surface area contributed by atoms with Crippen LogP contribution in [0.15, 0.2) is 15.8 Å². The first kappa shape index (κ1) is 13.5. The van der Waals surface area contributed by atoms with Crippen molar-refractivity contribution in [2.24, 2.45) is 0 Å². The molecule has 7 heteroatoms. The Labute approximate surface area is 109 Å². The van der Waals surface area contributed by atoms with Gasteiger partial charge < -0.3 is 9.47 Å². The van der Waals surface area contributed by atoms with Gasteiger partial charge in [0.25, 0.3) is 5.56 Å². The van der Waals surface area contributed by atoms with E-state index in [1.54, 1.807) is 13.8 Å². The summed E-state index contributed by atoms with van der Waals surface area (Å²) >= 11 is 0. The third-order valence-electron chi connectivity index (χ3n) is 3.10. The van der Waals surface area contributed by atoms with Crippen molar-refractivity contribution in [3.8, 4) is 0 Å². The van der Waals surface area contributed by atoms with Gasteiger partial charge in [0.1, 0.15) is 12.3 Å². The first-order valence-corrected chi connectivity index (χ1v) is 6.03. The number of ether oxygens (including phenoxy) is 2. The number of carbonyl (C=O) groups is 1. The molecule has 3 atom stereocenters. The number of hydrogen-bond acceptors (Lipinski definition) is 5. The van der Waals surface area contributed by atoms with Gasteiger partial charge in [0.15, 0.2) is 0 Å². The molecular formula is C12H16N2O5. The van der Waals surface area contributed by atoms with Crippen LogP contribution in [0.2, 0.25) is 0 Å². The average Bonchev–Trinajstić information content (AvgIpc) is 2.64. The Morgan fingerprint density at radius 1 is 1.53 bits per heavy atom. The molecule has 19 heavy (non-hydrogen) atoms. The van der Waals surface area contributed by atoms with E-state index in [0.29, 0.717) is 12.0 Å². The lowest BCUT2D eigenvalue weighted by atomic mass is 10.2. The second-order valence-electron chi connectivity index (χ2n) is 4.66. The second kappa shape index (κ2) is 5.00. The van der Waals surface area contributed by atoms with E-state index in [-0.39, 0.29) is 18.2 Å².